The molecule has 1 N–H and O–H groups in total. The van der Waals surface area contributed by atoms with Gasteiger partial charge in [0.25, 0.3) is 5.91 Å². The highest BCUT2D eigenvalue weighted by molar-refractivity contribution is 7.57. The molecule has 0 aliphatic carbocycles. The third-order valence-electron chi connectivity index (χ3n) is 7.70. The minimum Gasteiger partial charge on any atom is -0.489 e. The van der Waals surface area contributed by atoms with Crippen molar-refractivity contribution in [2.24, 2.45) is 0 Å². The van der Waals surface area contributed by atoms with E-state index in [1.165, 1.54) is 0 Å². The molecule has 0 saturated carbocycles. The number of piperidine rings is 2. The van der Waals surface area contributed by atoms with Crippen LogP contribution in [0.1, 0.15) is 65.8 Å². The van der Waals surface area contributed by atoms with Gasteiger partial charge in [0.1, 0.15) is 12.4 Å². The third-order valence-corrected chi connectivity index (χ3v) is 10.5. The van der Waals surface area contributed by atoms with E-state index in [1.807, 2.05) is 83.9 Å². The first-order valence-corrected chi connectivity index (χ1v) is 15.5. The summed E-state index contributed by atoms with van der Waals surface area (Å²) >= 11 is 0. The van der Waals surface area contributed by atoms with Crippen LogP contribution in [0.3, 0.4) is 0 Å². The number of nitrogens with zero attached hydrogens (tertiary/aromatic N) is 3. The van der Waals surface area contributed by atoms with Gasteiger partial charge in [0.15, 0.2) is 0 Å². The zero-order valence-corrected chi connectivity index (χ0v) is 23.5. The van der Waals surface area contributed by atoms with Gasteiger partial charge in [0.05, 0.1) is 5.56 Å². The lowest BCUT2D eigenvalue weighted by Gasteiger charge is -2.42. The molecular weight excluding hydrogens is 495 g/mol. The molecule has 202 valence electrons. The Morgan fingerprint density at radius 3 is 2.00 bits per heavy atom. The van der Waals surface area contributed by atoms with Gasteiger partial charge in [0.2, 0.25) is 0 Å². The van der Waals surface area contributed by atoms with Crippen LogP contribution >= 0.6 is 7.59 Å². The number of aryl methyl sites for hydroxylation is 1. The van der Waals surface area contributed by atoms with Gasteiger partial charge in [-0.15, -0.1) is 0 Å². The number of hydrogen-bond donors (Lipinski definition) is 1. The van der Waals surface area contributed by atoms with Crippen molar-refractivity contribution in [1.82, 2.24) is 19.0 Å². The minimum atomic E-state index is -3.19. The fourth-order valence-electron chi connectivity index (χ4n) is 5.63. The molecule has 0 bridgehead atoms. The highest BCUT2D eigenvalue weighted by Gasteiger charge is 2.40. The highest BCUT2D eigenvalue weighted by atomic mass is 31.2. The van der Waals surface area contributed by atoms with Crippen LogP contribution in [0.2, 0.25) is 0 Å². The van der Waals surface area contributed by atoms with Gasteiger partial charge < -0.3 is 9.30 Å². The lowest BCUT2D eigenvalue weighted by atomic mass is 10.2. The molecule has 0 spiro atoms. The number of nitrogens with one attached hydrogen (secondary N) is 1. The summed E-state index contributed by atoms with van der Waals surface area (Å²) in [6.07, 6.45) is 6.39. The minimum absolute atomic E-state index is 0.258. The lowest BCUT2D eigenvalue weighted by Crippen LogP contribution is -2.44. The Hall–Kier alpha value is -2.86. The molecule has 1 amide bonds. The zero-order chi connectivity index (χ0) is 26.5. The van der Waals surface area contributed by atoms with Crippen LogP contribution in [0.15, 0.2) is 60.7 Å². The van der Waals surface area contributed by atoms with E-state index in [4.69, 9.17) is 4.74 Å². The molecule has 1 aromatic heterocycles. The van der Waals surface area contributed by atoms with E-state index in [0.29, 0.717) is 12.2 Å². The molecule has 0 radical (unpaired) electrons. The molecule has 8 heteroatoms. The van der Waals surface area contributed by atoms with E-state index in [9.17, 15) is 9.36 Å². The van der Waals surface area contributed by atoms with Crippen LogP contribution in [-0.4, -0.2) is 46.0 Å². The summed E-state index contributed by atoms with van der Waals surface area (Å²) in [6, 6.07) is 19.9. The average Bonchev–Trinajstić information content (AvgIpc) is 3.27. The average molecular weight is 535 g/mol. The molecular formula is C30H39N4O3P. The van der Waals surface area contributed by atoms with Crippen molar-refractivity contribution in [3.05, 3.63) is 83.2 Å². The van der Waals surface area contributed by atoms with Gasteiger partial charge in [0, 0.05) is 43.3 Å². The maximum Gasteiger partial charge on any atom is 0.311 e. The predicted molar refractivity (Wildman–Crippen MR) is 152 cm³/mol. The fraction of sp³-hybridized carbons (Fsp3) is 0.433. The van der Waals surface area contributed by atoms with Crippen LogP contribution in [0.4, 0.5) is 0 Å². The Labute approximate surface area is 226 Å². The largest absolute Gasteiger partial charge is 0.489 e. The number of benzene rings is 2. The number of rotatable bonds is 8. The van der Waals surface area contributed by atoms with E-state index >= 15 is 0 Å². The standard InChI is InChI=1S/C30H39N4O3P/c1-24-22-29(30(35)31-38(36,32-18-8-4-9-19-32)33-20-10-5-11-21-33)25(2)34(24)27-14-16-28(17-15-27)37-23-26-12-6-3-7-13-26/h3,6-7,12-17,22H,4-5,8-11,18-21,23H2,1-2H3,(H,31,35,36). The first-order chi connectivity index (χ1) is 18.5. The number of aromatic nitrogens is 1. The normalized spacial score (nSPS) is 17.3. The lowest BCUT2D eigenvalue weighted by molar-refractivity contribution is 0.0971. The van der Waals surface area contributed by atoms with E-state index in [1.54, 1.807) is 0 Å². The zero-order valence-electron chi connectivity index (χ0n) is 22.6. The van der Waals surface area contributed by atoms with Gasteiger partial charge in [-0.1, -0.05) is 43.2 Å². The number of carbonyl (C=O) groups excluding carboxylic acids is 1. The molecule has 2 aromatic carbocycles. The van der Waals surface area contributed by atoms with E-state index in [2.05, 4.69) is 9.65 Å². The van der Waals surface area contributed by atoms with Gasteiger partial charge in [-0.25, -0.2) is 9.34 Å². The molecule has 2 aliphatic rings. The molecule has 38 heavy (non-hydrogen) atoms. The van der Waals surface area contributed by atoms with E-state index in [0.717, 1.165) is 93.1 Å². The van der Waals surface area contributed by atoms with Crippen molar-refractivity contribution in [2.45, 2.75) is 59.0 Å². The summed E-state index contributed by atoms with van der Waals surface area (Å²) in [4.78, 5) is 13.7. The Morgan fingerprint density at radius 1 is 0.842 bits per heavy atom. The summed E-state index contributed by atoms with van der Waals surface area (Å²) in [5, 5.41) is 3.06. The van der Waals surface area contributed by atoms with Crippen molar-refractivity contribution >= 4 is 13.5 Å². The number of hydrogen-bond acceptors (Lipinski definition) is 3. The number of ether oxygens (including phenoxy) is 1. The van der Waals surface area contributed by atoms with Gasteiger partial charge >= 0.3 is 7.59 Å². The monoisotopic (exact) mass is 534 g/mol. The second-order valence-electron chi connectivity index (χ2n) is 10.4. The van der Waals surface area contributed by atoms with Gasteiger partial charge in [-0.3, -0.25) is 14.4 Å². The van der Waals surface area contributed by atoms with E-state index in [-0.39, 0.29) is 5.91 Å². The van der Waals surface area contributed by atoms with Crippen LogP contribution in [-0.2, 0) is 11.2 Å². The third kappa shape index (κ3) is 5.75. The molecule has 2 saturated heterocycles. The first kappa shape index (κ1) is 26.7. The topological polar surface area (TPSA) is 66.8 Å². The molecule has 2 aliphatic heterocycles. The Kier molecular flexibility index (Phi) is 8.37. The molecule has 0 atom stereocenters. The number of amides is 1. The van der Waals surface area contributed by atoms with E-state index < -0.39 is 7.59 Å². The van der Waals surface area contributed by atoms with Crippen molar-refractivity contribution in [3.8, 4) is 11.4 Å². The first-order valence-electron chi connectivity index (χ1n) is 13.9. The molecule has 7 nitrogen and oxygen atoms in total. The molecule has 3 aromatic rings. The molecule has 3 heterocycles. The highest BCUT2D eigenvalue weighted by Crippen LogP contribution is 2.52. The summed E-state index contributed by atoms with van der Waals surface area (Å²) < 4.78 is 26.6. The second kappa shape index (κ2) is 11.9. The quantitative estimate of drug-likeness (QED) is 0.335. The maximum absolute atomic E-state index is 14.5. The molecule has 0 unspecified atom stereocenters. The molecule has 5 rings (SSSR count). The summed E-state index contributed by atoms with van der Waals surface area (Å²) in [5.41, 5.74) is 4.44. The van der Waals surface area contributed by atoms with Gasteiger partial charge in [-0.05, 0) is 75.4 Å². The van der Waals surface area contributed by atoms with Crippen LogP contribution in [0, 0.1) is 13.8 Å². The van der Waals surface area contributed by atoms with Crippen molar-refractivity contribution in [2.75, 3.05) is 26.2 Å². The fourth-order valence-corrected chi connectivity index (χ4v) is 8.31. The van der Waals surface area contributed by atoms with Crippen molar-refractivity contribution in [1.29, 1.82) is 0 Å². The van der Waals surface area contributed by atoms with Crippen LogP contribution < -0.4 is 9.82 Å². The predicted octanol–water partition coefficient (Wildman–Crippen LogP) is 6.48. The van der Waals surface area contributed by atoms with Crippen LogP contribution in [0.25, 0.3) is 5.69 Å². The second-order valence-corrected chi connectivity index (χ2v) is 12.8. The van der Waals surface area contributed by atoms with Crippen LogP contribution in [0.5, 0.6) is 5.75 Å². The smallest absolute Gasteiger partial charge is 0.311 e. The summed E-state index contributed by atoms with van der Waals surface area (Å²) in [6.45, 7) is 7.54. The van der Waals surface area contributed by atoms with Gasteiger partial charge in [-0.2, -0.15) is 0 Å². The SMILES string of the molecule is Cc1cc(C(=O)NP(=O)(N2CCCCC2)N2CCCCC2)c(C)n1-c1ccc(OCc2ccccc2)cc1. The summed E-state index contributed by atoms with van der Waals surface area (Å²) in [5.74, 6) is 0.536. The molecule has 2 fully saturated rings. The number of carbonyl (C=O) groups is 1. The Balaban J connectivity index is 1.34. The Bertz CT molecular complexity index is 1250. The Morgan fingerprint density at radius 2 is 1.42 bits per heavy atom. The van der Waals surface area contributed by atoms with Crippen molar-refractivity contribution < 1.29 is 14.1 Å². The maximum atomic E-state index is 14.5. The summed E-state index contributed by atoms with van der Waals surface area (Å²) in [7, 11) is -3.19. The van der Waals surface area contributed by atoms with Crippen molar-refractivity contribution in [3.63, 3.8) is 0 Å².